The van der Waals surface area contributed by atoms with Crippen LogP contribution in [0.3, 0.4) is 0 Å². The highest BCUT2D eigenvalue weighted by Gasteiger charge is 1.87. The lowest BCUT2D eigenvalue weighted by Crippen LogP contribution is -1.76. The van der Waals surface area contributed by atoms with Crippen LogP contribution in [0.25, 0.3) is 0 Å². The first kappa shape index (κ1) is 10.3. The molecule has 0 aliphatic rings. The Hall–Kier alpha value is 0.320. The Morgan fingerprint density at radius 1 is 1.30 bits per heavy atom. The standard InChI is InChI=1S/C8H14Cl2/c1-2-3-4-5-6-7-8(9)10/h6-8H,2-5H2,1H3. The summed E-state index contributed by atoms with van der Waals surface area (Å²) < 4.78 is 0. The summed E-state index contributed by atoms with van der Waals surface area (Å²) in [5.74, 6) is 0. The highest BCUT2D eigenvalue weighted by molar-refractivity contribution is 6.45. The van der Waals surface area contributed by atoms with E-state index in [9.17, 15) is 0 Å². The van der Waals surface area contributed by atoms with E-state index in [1.165, 1.54) is 19.3 Å². The predicted molar refractivity (Wildman–Crippen MR) is 48.8 cm³/mol. The molecule has 0 aromatic rings. The lowest BCUT2D eigenvalue weighted by atomic mass is 10.2. The van der Waals surface area contributed by atoms with E-state index < -0.39 is 0 Å². The molecule has 0 saturated heterocycles. The van der Waals surface area contributed by atoms with Gasteiger partial charge in [-0.3, -0.25) is 0 Å². The molecule has 0 heterocycles. The van der Waals surface area contributed by atoms with E-state index in [1.54, 1.807) is 0 Å². The van der Waals surface area contributed by atoms with Gasteiger partial charge in [-0.15, -0.1) is 23.2 Å². The highest BCUT2D eigenvalue weighted by atomic mass is 35.5. The first-order valence-corrected chi connectivity index (χ1v) is 4.59. The zero-order chi connectivity index (χ0) is 7.82. The smallest absolute Gasteiger partial charge is 0.101 e. The van der Waals surface area contributed by atoms with Crippen LogP contribution in [0.2, 0.25) is 0 Å². The number of rotatable bonds is 5. The lowest BCUT2D eigenvalue weighted by molar-refractivity contribution is 0.729. The van der Waals surface area contributed by atoms with E-state index in [1.807, 2.05) is 12.2 Å². The molecule has 0 saturated carbocycles. The number of hydrogen-bond acceptors (Lipinski definition) is 0. The van der Waals surface area contributed by atoms with E-state index in [-0.39, 0.29) is 4.84 Å². The van der Waals surface area contributed by atoms with Crippen molar-refractivity contribution in [2.45, 2.75) is 37.4 Å². The van der Waals surface area contributed by atoms with Crippen LogP contribution in [0.1, 0.15) is 32.6 Å². The summed E-state index contributed by atoms with van der Waals surface area (Å²) in [6.45, 7) is 2.19. The predicted octanol–water partition coefficient (Wildman–Crippen LogP) is 3.93. The summed E-state index contributed by atoms with van der Waals surface area (Å²) >= 11 is 10.9. The Bertz CT molecular complexity index is 87.3. The maximum atomic E-state index is 5.47. The monoisotopic (exact) mass is 180 g/mol. The minimum Gasteiger partial charge on any atom is -0.101 e. The van der Waals surface area contributed by atoms with Crippen LogP contribution >= 0.6 is 23.2 Å². The first-order chi connectivity index (χ1) is 4.77. The van der Waals surface area contributed by atoms with Gasteiger partial charge in [-0.1, -0.05) is 31.9 Å². The van der Waals surface area contributed by atoms with Gasteiger partial charge in [0.1, 0.15) is 4.84 Å². The second-order valence-corrected chi connectivity index (χ2v) is 3.42. The van der Waals surface area contributed by atoms with Gasteiger partial charge in [0.2, 0.25) is 0 Å². The average Bonchev–Trinajstić information content (AvgIpc) is 1.87. The molecular formula is C8H14Cl2. The molecule has 0 atom stereocenters. The van der Waals surface area contributed by atoms with Crippen molar-refractivity contribution in [3.05, 3.63) is 12.2 Å². The van der Waals surface area contributed by atoms with Crippen LogP contribution in [0.5, 0.6) is 0 Å². The number of alkyl halides is 2. The summed E-state index contributed by atoms with van der Waals surface area (Å²) in [5.41, 5.74) is 0. The molecule has 0 nitrogen and oxygen atoms in total. The second-order valence-electron chi connectivity index (χ2n) is 2.26. The number of halogens is 2. The zero-order valence-electron chi connectivity index (χ0n) is 6.32. The normalized spacial score (nSPS) is 11.6. The first-order valence-electron chi connectivity index (χ1n) is 3.72. The molecule has 0 fully saturated rings. The van der Waals surface area contributed by atoms with Crippen LogP contribution in [0.15, 0.2) is 12.2 Å². The minimum absolute atomic E-state index is 0.332. The van der Waals surface area contributed by atoms with Crippen molar-refractivity contribution in [1.82, 2.24) is 0 Å². The van der Waals surface area contributed by atoms with Gasteiger partial charge in [0, 0.05) is 0 Å². The fraction of sp³-hybridized carbons (Fsp3) is 0.750. The third-order valence-corrected chi connectivity index (χ3v) is 1.55. The molecule has 10 heavy (non-hydrogen) atoms. The Balaban J connectivity index is 3.02. The number of unbranched alkanes of at least 4 members (excludes halogenated alkanes) is 3. The Kier molecular flexibility index (Phi) is 7.66. The Morgan fingerprint density at radius 2 is 2.00 bits per heavy atom. The molecule has 0 aromatic heterocycles. The topological polar surface area (TPSA) is 0 Å². The molecule has 0 aromatic carbocycles. The molecule has 60 valence electrons. The second kappa shape index (κ2) is 7.43. The molecule has 0 aliphatic carbocycles. The lowest BCUT2D eigenvalue weighted by Gasteiger charge is -1.91. The summed E-state index contributed by atoms with van der Waals surface area (Å²) in [4.78, 5) is -0.332. The van der Waals surface area contributed by atoms with E-state index in [0.29, 0.717) is 0 Å². The molecule has 0 unspecified atom stereocenters. The molecule has 0 spiro atoms. The molecule has 0 amide bonds. The van der Waals surface area contributed by atoms with Crippen LogP contribution in [-0.2, 0) is 0 Å². The fourth-order valence-electron chi connectivity index (χ4n) is 0.711. The molecular weight excluding hydrogens is 167 g/mol. The van der Waals surface area contributed by atoms with Crippen molar-refractivity contribution in [2.24, 2.45) is 0 Å². The third-order valence-electron chi connectivity index (χ3n) is 1.26. The number of hydrogen-bond donors (Lipinski definition) is 0. The van der Waals surface area contributed by atoms with Gasteiger partial charge >= 0.3 is 0 Å². The molecule has 0 N–H and O–H groups in total. The van der Waals surface area contributed by atoms with Gasteiger partial charge < -0.3 is 0 Å². The summed E-state index contributed by atoms with van der Waals surface area (Å²) in [6, 6.07) is 0. The van der Waals surface area contributed by atoms with Gasteiger partial charge in [0.25, 0.3) is 0 Å². The highest BCUT2D eigenvalue weighted by Crippen LogP contribution is 2.05. The van der Waals surface area contributed by atoms with Crippen molar-refractivity contribution in [2.75, 3.05) is 0 Å². The Morgan fingerprint density at radius 3 is 2.50 bits per heavy atom. The van der Waals surface area contributed by atoms with Crippen LogP contribution in [-0.4, -0.2) is 4.84 Å². The van der Waals surface area contributed by atoms with Crippen LogP contribution in [0, 0.1) is 0 Å². The SMILES string of the molecule is CCCCCC=CC(Cl)Cl. The van der Waals surface area contributed by atoms with Crippen molar-refractivity contribution < 1.29 is 0 Å². The van der Waals surface area contributed by atoms with Gasteiger partial charge in [-0.2, -0.15) is 0 Å². The van der Waals surface area contributed by atoms with Crippen molar-refractivity contribution in [1.29, 1.82) is 0 Å². The minimum atomic E-state index is -0.332. The maximum absolute atomic E-state index is 5.47. The maximum Gasteiger partial charge on any atom is 0.125 e. The van der Waals surface area contributed by atoms with E-state index >= 15 is 0 Å². The number of allylic oxidation sites excluding steroid dienone is 2. The quantitative estimate of drug-likeness (QED) is 0.342. The summed E-state index contributed by atoms with van der Waals surface area (Å²) in [5, 5.41) is 0. The largest absolute Gasteiger partial charge is 0.125 e. The molecule has 0 aliphatic heterocycles. The summed E-state index contributed by atoms with van der Waals surface area (Å²) in [7, 11) is 0. The average molecular weight is 181 g/mol. The van der Waals surface area contributed by atoms with Gasteiger partial charge in [-0.25, -0.2) is 0 Å². The van der Waals surface area contributed by atoms with Gasteiger partial charge in [0.05, 0.1) is 0 Å². The van der Waals surface area contributed by atoms with E-state index in [4.69, 9.17) is 23.2 Å². The molecule has 0 radical (unpaired) electrons. The van der Waals surface area contributed by atoms with Crippen LogP contribution < -0.4 is 0 Å². The molecule has 2 heteroatoms. The summed E-state index contributed by atoms with van der Waals surface area (Å²) in [6.07, 6.45) is 8.76. The zero-order valence-corrected chi connectivity index (χ0v) is 7.83. The molecule has 0 rings (SSSR count). The van der Waals surface area contributed by atoms with E-state index in [2.05, 4.69) is 6.92 Å². The van der Waals surface area contributed by atoms with Crippen LogP contribution in [0.4, 0.5) is 0 Å². The van der Waals surface area contributed by atoms with Gasteiger partial charge in [0.15, 0.2) is 0 Å². The van der Waals surface area contributed by atoms with Crippen molar-refractivity contribution >= 4 is 23.2 Å². The fourth-order valence-corrected chi connectivity index (χ4v) is 0.917. The third kappa shape index (κ3) is 8.32. The van der Waals surface area contributed by atoms with Crippen molar-refractivity contribution in [3.8, 4) is 0 Å². The Labute approximate surface area is 73.2 Å². The van der Waals surface area contributed by atoms with Gasteiger partial charge in [-0.05, 0) is 12.8 Å². The van der Waals surface area contributed by atoms with E-state index in [0.717, 1.165) is 6.42 Å². The van der Waals surface area contributed by atoms with Crippen molar-refractivity contribution in [3.63, 3.8) is 0 Å². The molecule has 0 bridgehead atoms.